The van der Waals surface area contributed by atoms with E-state index in [2.05, 4.69) is 18.8 Å². The lowest BCUT2D eigenvalue weighted by atomic mass is 10.0. The zero-order valence-electron chi connectivity index (χ0n) is 8.09. The molecule has 0 fully saturated rings. The third-order valence-corrected chi connectivity index (χ3v) is 1.87. The molecule has 0 bridgehead atoms. The number of nitrogens with zero attached hydrogens (tertiary/aromatic N) is 1. The SMILES string of the molecule is CCC(N=C(C)C)C(C)CN. The zero-order chi connectivity index (χ0) is 8.85. The second-order valence-electron chi connectivity index (χ2n) is 3.26. The Morgan fingerprint density at radius 3 is 2.27 bits per heavy atom. The molecular weight excluding hydrogens is 136 g/mol. The fourth-order valence-corrected chi connectivity index (χ4v) is 1.11. The monoisotopic (exact) mass is 156 g/mol. The summed E-state index contributed by atoms with van der Waals surface area (Å²) in [6.07, 6.45) is 1.09. The minimum Gasteiger partial charge on any atom is -0.330 e. The third-order valence-electron chi connectivity index (χ3n) is 1.87. The lowest BCUT2D eigenvalue weighted by Crippen LogP contribution is -2.23. The van der Waals surface area contributed by atoms with Crippen LogP contribution in [0.15, 0.2) is 4.99 Å². The van der Waals surface area contributed by atoms with Crippen molar-refractivity contribution in [1.82, 2.24) is 0 Å². The van der Waals surface area contributed by atoms with Crippen molar-refractivity contribution in [2.45, 2.75) is 40.2 Å². The van der Waals surface area contributed by atoms with Gasteiger partial charge in [-0.25, -0.2) is 0 Å². The fourth-order valence-electron chi connectivity index (χ4n) is 1.11. The van der Waals surface area contributed by atoms with Gasteiger partial charge in [0.15, 0.2) is 0 Å². The van der Waals surface area contributed by atoms with Crippen molar-refractivity contribution >= 4 is 5.71 Å². The van der Waals surface area contributed by atoms with E-state index in [1.165, 1.54) is 0 Å². The van der Waals surface area contributed by atoms with E-state index in [-0.39, 0.29) is 0 Å². The molecule has 0 aliphatic heterocycles. The molecule has 0 rings (SSSR count). The number of rotatable bonds is 4. The number of aliphatic imine (C=N–C) groups is 1. The van der Waals surface area contributed by atoms with E-state index in [0.717, 1.165) is 18.7 Å². The molecular formula is C9H20N2. The maximum atomic E-state index is 5.55. The average molecular weight is 156 g/mol. The van der Waals surface area contributed by atoms with Crippen molar-refractivity contribution in [2.75, 3.05) is 6.54 Å². The van der Waals surface area contributed by atoms with Crippen LogP contribution in [0.3, 0.4) is 0 Å². The summed E-state index contributed by atoms with van der Waals surface area (Å²) >= 11 is 0. The molecule has 0 heterocycles. The van der Waals surface area contributed by atoms with Gasteiger partial charge >= 0.3 is 0 Å². The number of hydrogen-bond acceptors (Lipinski definition) is 2. The maximum Gasteiger partial charge on any atom is 0.0533 e. The van der Waals surface area contributed by atoms with Crippen LogP contribution in [-0.2, 0) is 0 Å². The van der Waals surface area contributed by atoms with Crippen molar-refractivity contribution in [1.29, 1.82) is 0 Å². The Kier molecular flexibility index (Phi) is 5.12. The highest BCUT2D eigenvalue weighted by Gasteiger charge is 2.11. The third kappa shape index (κ3) is 4.14. The molecule has 0 aliphatic rings. The fraction of sp³-hybridized carbons (Fsp3) is 0.889. The molecule has 2 nitrogen and oxygen atoms in total. The van der Waals surface area contributed by atoms with E-state index in [4.69, 9.17) is 5.73 Å². The van der Waals surface area contributed by atoms with Crippen LogP contribution in [0.2, 0.25) is 0 Å². The van der Waals surface area contributed by atoms with Crippen molar-refractivity contribution in [3.63, 3.8) is 0 Å². The van der Waals surface area contributed by atoms with Gasteiger partial charge in [-0.05, 0) is 32.7 Å². The van der Waals surface area contributed by atoms with Gasteiger partial charge in [-0.3, -0.25) is 4.99 Å². The van der Waals surface area contributed by atoms with Gasteiger partial charge in [0.1, 0.15) is 0 Å². The molecule has 0 amide bonds. The summed E-state index contributed by atoms with van der Waals surface area (Å²) in [6, 6.07) is 0.421. The van der Waals surface area contributed by atoms with Gasteiger partial charge in [0.2, 0.25) is 0 Å². The quantitative estimate of drug-likeness (QED) is 0.620. The van der Waals surface area contributed by atoms with Crippen LogP contribution < -0.4 is 5.73 Å². The largest absolute Gasteiger partial charge is 0.330 e. The van der Waals surface area contributed by atoms with Crippen LogP contribution in [0.25, 0.3) is 0 Å². The van der Waals surface area contributed by atoms with Crippen LogP contribution in [-0.4, -0.2) is 18.3 Å². The van der Waals surface area contributed by atoms with Gasteiger partial charge in [0.25, 0.3) is 0 Å². The van der Waals surface area contributed by atoms with Crippen LogP contribution in [0.5, 0.6) is 0 Å². The van der Waals surface area contributed by atoms with Gasteiger partial charge in [-0.15, -0.1) is 0 Å². The molecule has 2 unspecified atom stereocenters. The Bertz CT molecular complexity index is 126. The smallest absolute Gasteiger partial charge is 0.0533 e. The minimum absolute atomic E-state index is 0.421. The Morgan fingerprint density at radius 2 is 2.00 bits per heavy atom. The first-order chi connectivity index (χ1) is 5.11. The molecule has 2 heteroatoms. The van der Waals surface area contributed by atoms with E-state index < -0.39 is 0 Å². The van der Waals surface area contributed by atoms with Gasteiger partial charge < -0.3 is 5.73 Å². The Hall–Kier alpha value is -0.370. The summed E-state index contributed by atoms with van der Waals surface area (Å²) in [5.74, 6) is 0.509. The number of nitrogens with two attached hydrogens (primary N) is 1. The highest BCUT2D eigenvalue weighted by molar-refractivity contribution is 5.79. The minimum atomic E-state index is 0.421. The number of hydrogen-bond donors (Lipinski definition) is 1. The van der Waals surface area contributed by atoms with E-state index in [0.29, 0.717) is 12.0 Å². The van der Waals surface area contributed by atoms with Gasteiger partial charge in [0.05, 0.1) is 6.04 Å². The summed E-state index contributed by atoms with van der Waals surface area (Å²) < 4.78 is 0. The molecule has 66 valence electrons. The summed E-state index contributed by atoms with van der Waals surface area (Å²) in [4.78, 5) is 4.50. The molecule has 0 aliphatic carbocycles. The highest BCUT2D eigenvalue weighted by Crippen LogP contribution is 2.09. The molecule has 2 atom stereocenters. The standard InChI is InChI=1S/C9H20N2/c1-5-9(8(4)6-10)11-7(2)3/h8-9H,5-6,10H2,1-4H3. The van der Waals surface area contributed by atoms with E-state index in [1.54, 1.807) is 0 Å². The van der Waals surface area contributed by atoms with Crippen LogP contribution >= 0.6 is 0 Å². The average Bonchev–Trinajstić information content (AvgIpc) is 1.98. The summed E-state index contributed by atoms with van der Waals surface area (Å²) in [6.45, 7) is 9.11. The summed E-state index contributed by atoms with van der Waals surface area (Å²) in [7, 11) is 0. The molecule has 0 aromatic heterocycles. The van der Waals surface area contributed by atoms with Crippen LogP contribution in [0.4, 0.5) is 0 Å². The van der Waals surface area contributed by atoms with Crippen molar-refractivity contribution in [3.8, 4) is 0 Å². The predicted octanol–water partition coefficient (Wildman–Crippen LogP) is 1.84. The molecule has 0 saturated carbocycles. The first kappa shape index (κ1) is 10.6. The lowest BCUT2D eigenvalue weighted by Gasteiger charge is -2.17. The summed E-state index contributed by atoms with van der Waals surface area (Å²) in [5.41, 5.74) is 6.71. The molecule has 0 radical (unpaired) electrons. The van der Waals surface area contributed by atoms with Crippen molar-refractivity contribution < 1.29 is 0 Å². The van der Waals surface area contributed by atoms with Gasteiger partial charge in [-0.2, -0.15) is 0 Å². The normalized spacial score (nSPS) is 15.7. The van der Waals surface area contributed by atoms with Crippen molar-refractivity contribution in [2.24, 2.45) is 16.6 Å². The molecule has 0 aromatic carbocycles. The van der Waals surface area contributed by atoms with Crippen LogP contribution in [0.1, 0.15) is 34.1 Å². The Balaban J connectivity index is 4.05. The lowest BCUT2D eigenvalue weighted by molar-refractivity contribution is 0.456. The second-order valence-corrected chi connectivity index (χ2v) is 3.26. The van der Waals surface area contributed by atoms with E-state index >= 15 is 0 Å². The maximum absolute atomic E-state index is 5.55. The molecule has 11 heavy (non-hydrogen) atoms. The zero-order valence-corrected chi connectivity index (χ0v) is 8.09. The van der Waals surface area contributed by atoms with Crippen LogP contribution in [0, 0.1) is 5.92 Å². The van der Waals surface area contributed by atoms with Gasteiger partial charge in [-0.1, -0.05) is 13.8 Å². The second kappa shape index (κ2) is 5.30. The Labute approximate surface area is 69.9 Å². The molecule has 2 N–H and O–H groups in total. The van der Waals surface area contributed by atoms with E-state index in [1.807, 2.05) is 13.8 Å². The topological polar surface area (TPSA) is 38.4 Å². The first-order valence-electron chi connectivity index (χ1n) is 4.32. The van der Waals surface area contributed by atoms with Gasteiger partial charge in [0, 0.05) is 5.71 Å². The first-order valence-corrected chi connectivity index (χ1v) is 4.32. The Morgan fingerprint density at radius 1 is 1.45 bits per heavy atom. The predicted molar refractivity (Wildman–Crippen MR) is 51.1 cm³/mol. The highest BCUT2D eigenvalue weighted by atomic mass is 14.8. The van der Waals surface area contributed by atoms with E-state index in [9.17, 15) is 0 Å². The molecule has 0 aromatic rings. The molecule has 0 spiro atoms. The molecule has 0 saturated heterocycles. The summed E-state index contributed by atoms with van der Waals surface area (Å²) in [5, 5.41) is 0. The van der Waals surface area contributed by atoms with Crippen molar-refractivity contribution in [3.05, 3.63) is 0 Å².